The maximum Gasteiger partial charge on any atom is 0.135 e. The molecule has 0 atom stereocenters. The van der Waals surface area contributed by atoms with E-state index < -0.39 is 0 Å². The summed E-state index contributed by atoms with van der Waals surface area (Å²) in [5.74, 6) is -0.250. The number of hydrogen-bond acceptors (Lipinski definition) is 2. The average Bonchev–Trinajstić information content (AvgIpc) is 2.22. The summed E-state index contributed by atoms with van der Waals surface area (Å²) in [6.45, 7) is 0. The van der Waals surface area contributed by atoms with Crippen molar-refractivity contribution >= 4 is 11.6 Å². The molecule has 0 radical (unpaired) electrons. The van der Waals surface area contributed by atoms with E-state index in [1.165, 1.54) is 18.5 Å². The van der Waals surface area contributed by atoms with Gasteiger partial charge < -0.3 is 0 Å². The van der Waals surface area contributed by atoms with Gasteiger partial charge in [-0.05, 0) is 17.7 Å². The molecule has 0 aliphatic heterocycles. The molecule has 0 aliphatic rings. The highest BCUT2D eigenvalue weighted by molar-refractivity contribution is 6.30. The second-order valence-corrected chi connectivity index (χ2v) is 3.50. The van der Waals surface area contributed by atoms with Crippen LogP contribution in [0.15, 0.2) is 36.8 Å². The zero-order valence-electron chi connectivity index (χ0n) is 7.82. The van der Waals surface area contributed by atoms with E-state index in [2.05, 4.69) is 9.97 Å². The second-order valence-electron chi connectivity index (χ2n) is 3.15. The lowest BCUT2D eigenvalue weighted by atomic mass is 10.1. The van der Waals surface area contributed by atoms with Gasteiger partial charge in [-0.15, -0.1) is 0 Å². The van der Waals surface area contributed by atoms with Gasteiger partial charge in [0.2, 0.25) is 0 Å². The van der Waals surface area contributed by atoms with Crippen molar-refractivity contribution in [3.63, 3.8) is 0 Å². The Morgan fingerprint density at radius 1 is 1.33 bits per heavy atom. The zero-order chi connectivity index (χ0) is 10.7. The number of nitrogens with zero attached hydrogens (tertiary/aromatic N) is 2. The summed E-state index contributed by atoms with van der Waals surface area (Å²) in [6, 6.07) is 6.39. The first-order valence-electron chi connectivity index (χ1n) is 4.44. The Kier molecular flexibility index (Phi) is 2.92. The second kappa shape index (κ2) is 4.36. The van der Waals surface area contributed by atoms with E-state index in [-0.39, 0.29) is 5.82 Å². The molecule has 1 aromatic heterocycles. The van der Waals surface area contributed by atoms with Crippen LogP contribution in [0.1, 0.15) is 11.1 Å². The summed E-state index contributed by atoms with van der Waals surface area (Å²) in [7, 11) is 0. The third-order valence-electron chi connectivity index (χ3n) is 2.02. The minimum Gasteiger partial charge on any atom is -0.244 e. The Balaban J connectivity index is 2.26. The normalized spacial score (nSPS) is 10.3. The fourth-order valence-electron chi connectivity index (χ4n) is 1.33. The number of benzene rings is 1. The first kappa shape index (κ1) is 10.1. The SMILES string of the molecule is Fc1cccc(Cc2cncnc2Cl)c1. The van der Waals surface area contributed by atoms with Gasteiger partial charge in [-0.25, -0.2) is 14.4 Å². The molecule has 0 spiro atoms. The van der Waals surface area contributed by atoms with Gasteiger partial charge in [0.1, 0.15) is 17.3 Å². The molecule has 2 rings (SSSR count). The summed E-state index contributed by atoms with van der Waals surface area (Å²) in [6.07, 6.45) is 3.56. The molecule has 0 saturated heterocycles. The molecule has 1 heterocycles. The van der Waals surface area contributed by atoms with Crippen LogP contribution >= 0.6 is 11.6 Å². The molecule has 1 aromatic carbocycles. The van der Waals surface area contributed by atoms with Crippen LogP contribution in [0, 0.1) is 5.82 Å². The van der Waals surface area contributed by atoms with Gasteiger partial charge in [0, 0.05) is 18.2 Å². The lowest BCUT2D eigenvalue weighted by Gasteiger charge is -2.02. The molecule has 2 aromatic rings. The topological polar surface area (TPSA) is 25.8 Å². The maximum absolute atomic E-state index is 12.9. The van der Waals surface area contributed by atoms with Crippen molar-refractivity contribution in [2.24, 2.45) is 0 Å². The van der Waals surface area contributed by atoms with Crippen molar-refractivity contribution in [2.75, 3.05) is 0 Å². The van der Waals surface area contributed by atoms with E-state index in [9.17, 15) is 4.39 Å². The maximum atomic E-state index is 12.9. The van der Waals surface area contributed by atoms with Gasteiger partial charge in [-0.3, -0.25) is 0 Å². The highest BCUT2D eigenvalue weighted by atomic mass is 35.5. The molecule has 0 N–H and O–H groups in total. The lowest BCUT2D eigenvalue weighted by Crippen LogP contribution is -1.93. The van der Waals surface area contributed by atoms with Crippen LogP contribution in [0.2, 0.25) is 5.15 Å². The molecule has 76 valence electrons. The molecule has 0 bridgehead atoms. The van der Waals surface area contributed by atoms with Crippen LogP contribution in [-0.2, 0) is 6.42 Å². The van der Waals surface area contributed by atoms with Gasteiger partial charge in [0.05, 0.1) is 0 Å². The van der Waals surface area contributed by atoms with Gasteiger partial charge in [-0.1, -0.05) is 23.7 Å². The molecule has 0 saturated carbocycles. The molecular formula is C11H8ClFN2. The average molecular weight is 223 g/mol. The summed E-state index contributed by atoms with van der Waals surface area (Å²) in [5.41, 5.74) is 1.65. The fraction of sp³-hybridized carbons (Fsp3) is 0.0909. The largest absolute Gasteiger partial charge is 0.244 e. The molecular weight excluding hydrogens is 215 g/mol. The standard InChI is InChI=1S/C11H8ClFN2/c12-11-9(6-14-7-15-11)4-8-2-1-3-10(13)5-8/h1-3,5-7H,4H2. The number of halogens is 2. The fourth-order valence-corrected chi connectivity index (χ4v) is 1.49. The van der Waals surface area contributed by atoms with Crippen molar-refractivity contribution in [1.82, 2.24) is 9.97 Å². The Hall–Kier alpha value is -1.48. The zero-order valence-corrected chi connectivity index (χ0v) is 8.58. The molecule has 0 amide bonds. The molecule has 0 aliphatic carbocycles. The summed E-state index contributed by atoms with van der Waals surface area (Å²) in [5, 5.41) is 0.411. The van der Waals surface area contributed by atoms with Gasteiger partial charge in [0.15, 0.2) is 0 Å². The van der Waals surface area contributed by atoms with Crippen molar-refractivity contribution in [3.05, 3.63) is 58.9 Å². The van der Waals surface area contributed by atoms with E-state index in [0.717, 1.165) is 11.1 Å². The predicted molar refractivity (Wildman–Crippen MR) is 56.2 cm³/mol. The lowest BCUT2D eigenvalue weighted by molar-refractivity contribution is 0.626. The Morgan fingerprint density at radius 3 is 2.93 bits per heavy atom. The van der Waals surface area contributed by atoms with Crippen molar-refractivity contribution < 1.29 is 4.39 Å². The minimum atomic E-state index is -0.250. The van der Waals surface area contributed by atoms with Crippen LogP contribution in [0.25, 0.3) is 0 Å². The number of hydrogen-bond donors (Lipinski definition) is 0. The van der Waals surface area contributed by atoms with Crippen molar-refractivity contribution in [2.45, 2.75) is 6.42 Å². The third-order valence-corrected chi connectivity index (χ3v) is 2.36. The van der Waals surface area contributed by atoms with E-state index >= 15 is 0 Å². The Morgan fingerprint density at radius 2 is 2.20 bits per heavy atom. The van der Waals surface area contributed by atoms with Crippen molar-refractivity contribution in [1.29, 1.82) is 0 Å². The molecule has 15 heavy (non-hydrogen) atoms. The predicted octanol–water partition coefficient (Wildman–Crippen LogP) is 2.86. The number of rotatable bonds is 2. The van der Waals surface area contributed by atoms with Crippen LogP contribution < -0.4 is 0 Å². The summed E-state index contributed by atoms with van der Waals surface area (Å²) in [4.78, 5) is 7.73. The monoisotopic (exact) mass is 222 g/mol. The van der Waals surface area contributed by atoms with Gasteiger partial charge in [-0.2, -0.15) is 0 Å². The summed E-state index contributed by atoms with van der Waals surface area (Å²) >= 11 is 5.87. The number of aromatic nitrogens is 2. The van der Waals surface area contributed by atoms with E-state index in [1.807, 2.05) is 6.07 Å². The van der Waals surface area contributed by atoms with Crippen LogP contribution in [0.3, 0.4) is 0 Å². The first-order chi connectivity index (χ1) is 7.25. The van der Waals surface area contributed by atoms with Gasteiger partial charge >= 0.3 is 0 Å². The van der Waals surface area contributed by atoms with Crippen LogP contribution in [-0.4, -0.2) is 9.97 Å². The smallest absolute Gasteiger partial charge is 0.135 e. The molecule has 0 unspecified atom stereocenters. The summed E-state index contributed by atoms with van der Waals surface area (Å²) < 4.78 is 12.9. The van der Waals surface area contributed by atoms with E-state index in [1.54, 1.807) is 12.3 Å². The Bertz CT molecular complexity index is 474. The molecule has 0 fully saturated rings. The molecule has 2 nitrogen and oxygen atoms in total. The quantitative estimate of drug-likeness (QED) is 0.731. The molecule has 4 heteroatoms. The minimum absolute atomic E-state index is 0.250. The van der Waals surface area contributed by atoms with Gasteiger partial charge in [0.25, 0.3) is 0 Å². The first-order valence-corrected chi connectivity index (χ1v) is 4.82. The van der Waals surface area contributed by atoms with E-state index in [4.69, 9.17) is 11.6 Å². The third kappa shape index (κ3) is 2.50. The van der Waals surface area contributed by atoms with Crippen LogP contribution in [0.4, 0.5) is 4.39 Å². The highest BCUT2D eigenvalue weighted by Gasteiger charge is 2.03. The highest BCUT2D eigenvalue weighted by Crippen LogP contribution is 2.15. The van der Waals surface area contributed by atoms with E-state index in [0.29, 0.717) is 11.6 Å². The van der Waals surface area contributed by atoms with Crippen LogP contribution in [0.5, 0.6) is 0 Å². The van der Waals surface area contributed by atoms with Crippen molar-refractivity contribution in [3.8, 4) is 0 Å². The Labute approximate surface area is 91.8 Å².